The van der Waals surface area contributed by atoms with Gasteiger partial charge in [-0.2, -0.15) is 0 Å². The molecule has 0 saturated heterocycles. The maximum Gasteiger partial charge on any atom is 0.0544 e. The van der Waals surface area contributed by atoms with Crippen molar-refractivity contribution in [1.29, 1.82) is 0 Å². The van der Waals surface area contributed by atoms with Crippen molar-refractivity contribution in [3.8, 4) is 0 Å². The number of benzene rings is 1. The van der Waals surface area contributed by atoms with E-state index in [4.69, 9.17) is 29.0 Å². The molecule has 1 aliphatic rings. The van der Waals surface area contributed by atoms with Crippen molar-refractivity contribution < 1.29 is 0 Å². The topological polar surface area (TPSA) is 50.9 Å². The summed E-state index contributed by atoms with van der Waals surface area (Å²) >= 11 is 12.2. The van der Waals surface area contributed by atoms with Gasteiger partial charge in [0.05, 0.1) is 6.04 Å². The summed E-state index contributed by atoms with van der Waals surface area (Å²) in [6, 6.07) is 9.64. The van der Waals surface area contributed by atoms with Crippen LogP contribution in [0.15, 0.2) is 36.5 Å². The molecule has 0 saturated carbocycles. The van der Waals surface area contributed by atoms with E-state index in [1.165, 1.54) is 5.56 Å². The van der Waals surface area contributed by atoms with Crippen LogP contribution in [0.1, 0.15) is 41.6 Å². The molecule has 1 aromatic carbocycles. The minimum absolute atomic E-state index is 0.0462. The molecule has 2 unspecified atom stereocenters. The molecule has 1 aromatic heterocycles. The van der Waals surface area contributed by atoms with Crippen molar-refractivity contribution in [2.45, 2.75) is 31.2 Å². The summed E-state index contributed by atoms with van der Waals surface area (Å²) in [6.07, 6.45) is 5.10. The van der Waals surface area contributed by atoms with Crippen molar-refractivity contribution in [3.05, 3.63) is 63.4 Å². The zero-order valence-corrected chi connectivity index (χ0v) is 13.0. The zero-order valence-electron chi connectivity index (χ0n) is 11.5. The normalized spacial score (nSPS) is 19.1. The Morgan fingerprint density at radius 2 is 2.00 bits per heavy atom. The Hall–Kier alpha value is -1.13. The molecule has 1 heterocycles. The third-order valence-corrected chi connectivity index (χ3v) is 4.50. The highest BCUT2D eigenvalue weighted by Gasteiger charge is 2.29. The van der Waals surface area contributed by atoms with Crippen LogP contribution in [0.3, 0.4) is 0 Å². The smallest absolute Gasteiger partial charge is 0.0544 e. The van der Waals surface area contributed by atoms with Gasteiger partial charge >= 0.3 is 0 Å². The van der Waals surface area contributed by atoms with Gasteiger partial charge in [0.1, 0.15) is 0 Å². The second-order valence-corrected chi connectivity index (χ2v) is 6.27. The maximum atomic E-state index is 6.12. The van der Waals surface area contributed by atoms with Gasteiger partial charge in [0.25, 0.3) is 0 Å². The first kappa shape index (κ1) is 14.8. The molecule has 0 radical (unpaired) electrons. The second kappa shape index (κ2) is 6.32. The third-order valence-electron chi connectivity index (χ3n) is 4.06. The molecule has 0 amide bonds. The van der Waals surface area contributed by atoms with Crippen LogP contribution >= 0.6 is 23.2 Å². The quantitative estimate of drug-likeness (QED) is 0.663. The Bertz CT molecular complexity index is 625. The Balaban J connectivity index is 2.01. The monoisotopic (exact) mass is 321 g/mol. The lowest BCUT2D eigenvalue weighted by molar-refractivity contribution is 0.400. The standard InChI is InChI=1S/C16H17Cl2N3/c17-12-7-11(8-13(18)9-12)16(21-19)14-5-1-3-10-4-2-6-20-15(10)14/h2,4,6-9,14,16,21H,1,3,5,19H2. The van der Waals surface area contributed by atoms with Crippen LogP contribution in [0, 0.1) is 0 Å². The molecule has 5 heteroatoms. The first-order valence-corrected chi connectivity index (χ1v) is 7.80. The lowest BCUT2D eigenvalue weighted by atomic mass is 9.80. The van der Waals surface area contributed by atoms with E-state index < -0.39 is 0 Å². The van der Waals surface area contributed by atoms with Gasteiger partial charge in [-0.1, -0.05) is 29.3 Å². The number of hydrogen-bond acceptors (Lipinski definition) is 3. The number of rotatable bonds is 3. The Morgan fingerprint density at radius 1 is 1.24 bits per heavy atom. The SMILES string of the molecule is NNC(c1cc(Cl)cc(Cl)c1)C1CCCc2cccnc21. The third kappa shape index (κ3) is 3.06. The second-order valence-electron chi connectivity index (χ2n) is 5.39. The number of nitrogens with zero attached hydrogens (tertiary/aromatic N) is 1. The molecular weight excluding hydrogens is 305 g/mol. The van der Waals surface area contributed by atoms with Gasteiger partial charge < -0.3 is 0 Å². The predicted octanol–water partition coefficient (Wildman–Crippen LogP) is 4.01. The van der Waals surface area contributed by atoms with Crippen LogP contribution in [-0.4, -0.2) is 4.98 Å². The number of halogens is 2. The number of aromatic nitrogens is 1. The average molecular weight is 322 g/mol. The number of fused-ring (bicyclic) bond motifs is 1. The molecule has 0 fully saturated rings. The van der Waals surface area contributed by atoms with E-state index in [9.17, 15) is 0 Å². The molecule has 2 atom stereocenters. The summed E-state index contributed by atoms with van der Waals surface area (Å²) in [4.78, 5) is 4.58. The van der Waals surface area contributed by atoms with Crippen LogP contribution in [0.2, 0.25) is 10.0 Å². The van der Waals surface area contributed by atoms with E-state index in [1.807, 2.05) is 24.4 Å². The molecule has 2 aromatic rings. The highest BCUT2D eigenvalue weighted by atomic mass is 35.5. The lowest BCUT2D eigenvalue weighted by Gasteiger charge is -2.31. The van der Waals surface area contributed by atoms with Crippen molar-refractivity contribution in [3.63, 3.8) is 0 Å². The number of aryl methyl sites for hydroxylation is 1. The Labute approximate surface area is 134 Å². The van der Waals surface area contributed by atoms with E-state index in [0.29, 0.717) is 10.0 Å². The highest BCUT2D eigenvalue weighted by Crippen LogP contribution is 2.39. The molecule has 0 bridgehead atoms. The maximum absolute atomic E-state index is 6.12. The first-order chi connectivity index (χ1) is 10.2. The van der Waals surface area contributed by atoms with Gasteiger partial charge in [0.15, 0.2) is 0 Å². The van der Waals surface area contributed by atoms with Gasteiger partial charge in [0.2, 0.25) is 0 Å². The number of nitrogens with one attached hydrogen (secondary N) is 1. The summed E-state index contributed by atoms with van der Waals surface area (Å²) in [5.74, 6) is 6.06. The molecule has 0 aliphatic heterocycles. The molecule has 1 aliphatic carbocycles. The molecule has 3 N–H and O–H groups in total. The van der Waals surface area contributed by atoms with Crippen LogP contribution < -0.4 is 11.3 Å². The van der Waals surface area contributed by atoms with E-state index in [0.717, 1.165) is 30.5 Å². The summed E-state index contributed by atoms with van der Waals surface area (Å²) in [6.45, 7) is 0. The molecule has 0 spiro atoms. The number of hydrogen-bond donors (Lipinski definition) is 2. The fraction of sp³-hybridized carbons (Fsp3) is 0.312. The van der Waals surface area contributed by atoms with Crippen molar-refractivity contribution in [2.75, 3.05) is 0 Å². The fourth-order valence-corrected chi connectivity index (χ4v) is 3.71. The molecule has 3 rings (SSSR count). The average Bonchev–Trinajstić information content (AvgIpc) is 2.47. The van der Waals surface area contributed by atoms with Crippen LogP contribution in [0.25, 0.3) is 0 Å². The van der Waals surface area contributed by atoms with Gasteiger partial charge in [-0.3, -0.25) is 16.3 Å². The Morgan fingerprint density at radius 3 is 2.71 bits per heavy atom. The lowest BCUT2D eigenvalue weighted by Crippen LogP contribution is -2.34. The minimum Gasteiger partial charge on any atom is -0.271 e. The first-order valence-electron chi connectivity index (χ1n) is 7.05. The van der Waals surface area contributed by atoms with Crippen LogP contribution in [-0.2, 0) is 6.42 Å². The van der Waals surface area contributed by atoms with Gasteiger partial charge in [-0.05, 0) is 54.7 Å². The summed E-state index contributed by atoms with van der Waals surface area (Å²) in [5.41, 5.74) is 6.36. The molecule has 110 valence electrons. The van der Waals surface area contributed by atoms with E-state index in [-0.39, 0.29) is 12.0 Å². The highest BCUT2D eigenvalue weighted by molar-refractivity contribution is 6.34. The zero-order chi connectivity index (χ0) is 14.8. The fourth-order valence-electron chi connectivity index (χ4n) is 3.17. The van der Waals surface area contributed by atoms with Gasteiger partial charge in [-0.15, -0.1) is 0 Å². The van der Waals surface area contributed by atoms with Crippen molar-refractivity contribution in [1.82, 2.24) is 10.4 Å². The Kier molecular flexibility index (Phi) is 4.45. The van der Waals surface area contributed by atoms with Crippen LogP contribution in [0.5, 0.6) is 0 Å². The summed E-state index contributed by atoms with van der Waals surface area (Å²) in [7, 11) is 0. The molecular formula is C16H17Cl2N3. The largest absolute Gasteiger partial charge is 0.271 e. The van der Waals surface area contributed by atoms with E-state index >= 15 is 0 Å². The number of nitrogens with two attached hydrogens (primary N) is 1. The van der Waals surface area contributed by atoms with Gasteiger partial charge in [0, 0.05) is 27.9 Å². The number of hydrazine groups is 1. The summed E-state index contributed by atoms with van der Waals surface area (Å²) < 4.78 is 0. The molecule has 3 nitrogen and oxygen atoms in total. The van der Waals surface area contributed by atoms with Crippen molar-refractivity contribution in [2.24, 2.45) is 5.84 Å². The van der Waals surface area contributed by atoms with Crippen LogP contribution in [0.4, 0.5) is 0 Å². The predicted molar refractivity (Wildman–Crippen MR) is 86.4 cm³/mol. The minimum atomic E-state index is -0.0462. The van der Waals surface area contributed by atoms with E-state index in [2.05, 4.69) is 16.5 Å². The number of pyridine rings is 1. The van der Waals surface area contributed by atoms with Crippen molar-refractivity contribution >= 4 is 23.2 Å². The molecule has 21 heavy (non-hydrogen) atoms. The van der Waals surface area contributed by atoms with E-state index in [1.54, 1.807) is 6.07 Å². The van der Waals surface area contributed by atoms with Gasteiger partial charge in [-0.25, -0.2) is 0 Å². The summed E-state index contributed by atoms with van der Waals surface area (Å²) in [5, 5.41) is 1.24.